The number of nitrogens with zero attached hydrogens (tertiary/aromatic N) is 2. The monoisotopic (exact) mass is 368 g/mol. The summed E-state index contributed by atoms with van der Waals surface area (Å²) in [6, 6.07) is 11.7. The first-order valence-corrected chi connectivity index (χ1v) is 9.65. The van der Waals surface area contributed by atoms with E-state index in [9.17, 15) is 0 Å². The maximum absolute atomic E-state index is 6.03. The van der Waals surface area contributed by atoms with Crippen molar-refractivity contribution in [3.05, 3.63) is 48.2 Å². The zero-order chi connectivity index (χ0) is 18.9. The first kappa shape index (κ1) is 19.0. The molecule has 1 saturated carbocycles. The van der Waals surface area contributed by atoms with Gasteiger partial charge in [0.05, 0.1) is 13.2 Å². The zero-order valence-corrected chi connectivity index (χ0v) is 15.9. The molecule has 1 aromatic carbocycles. The summed E-state index contributed by atoms with van der Waals surface area (Å²) in [5.74, 6) is 2.57. The highest BCUT2D eigenvalue weighted by atomic mass is 16.5. The van der Waals surface area contributed by atoms with Crippen molar-refractivity contribution in [3.63, 3.8) is 0 Å². The molecule has 1 aromatic heterocycles. The van der Waals surface area contributed by atoms with Crippen LogP contribution < -0.4 is 20.5 Å². The van der Waals surface area contributed by atoms with Crippen LogP contribution in [0.5, 0.6) is 17.4 Å². The van der Waals surface area contributed by atoms with E-state index in [1.165, 1.54) is 32.1 Å². The minimum atomic E-state index is 0.457. The van der Waals surface area contributed by atoms with E-state index in [1.807, 2.05) is 43.3 Å². The highest BCUT2D eigenvalue weighted by Gasteiger charge is 2.13. The molecule has 6 heteroatoms. The molecule has 0 amide bonds. The summed E-state index contributed by atoms with van der Waals surface area (Å²) in [7, 11) is 0. The summed E-state index contributed by atoms with van der Waals surface area (Å²) in [5.41, 5.74) is 7.03. The van der Waals surface area contributed by atoms with E-state index in [4.69, 9.17) is 15.2 Å². The summed E-state index contributed by atoms with van der Waals surface area (Å²) in [4.78, 5) is 8.72. The second-order valence-corrected chi connectivity index (χ2v) is 6.69. The number of hydrogen-bond acceptors (Lipinski definition) is 4. The third-order valence-electron chi connectivity index (χ3n) is 4.55. The van der Waals surface area contributed by atoms with E-state index in [-0.39, 0.29) is 0 Å². The predicted octanol–water partition coefficient (Wildman–Crippen LogP) is 4.01. The second-order valence-electron chi connectivity index (χ2n) is 6.69. The van der Waals surface area contributed by atoms with Gasteiger partial charge in [-0.2, -0.15) is 0 Å². The quantitative estimate of drug-likeness (QED) is 0.570. The van der Waals surface area contributed by atoms with Gasteiger partial charge in [-0.3, -0.25) is 0 Å². The van der Waals surface area contributed by atoms with Crippen LogP contribution in [0.15, 0.2) is 47.6 Å². The molecule has 6 nitrogen and oxygen atoms in total. The maximum Gasteiger partial charge on any atom is 0.219 e. The van der Waals surface area contributed by atoms with Crippen molar-refractivity contribution < 1.29 is 9.47 Å². The molecule has 1 fully saturated rings. The van der Waals surface area contributed by atoms with Crippen molar-refractivity contribution in [2.75, 3.05) is 6.61 Å². The number of nitrogens with two attached hydrogens (primary N) is 1. The number of aromatic nitrogens is 1. The molecular weight excluding hydrogens is 340 g/mol. The van der Waals surface area contributed by atoms with Crippen molar-refractivity contribution >= 4 is 5.96 Å². The molecule has 3 rings (SSSR count). The van der Waals surface area contributed by atoms with Crippen LogP contribution in [0.25, 0.3) is 0 Å². The van der Waals surface area contributed by atoms with Crippen LogP contribution in [0.1, 0.15) is 44.6 Å². The van der Waals surface area contributed by atoms with Gasteiger partial charge in [0.1, 0.15) is 11.5 Å². The molecule has 0 radical (unpaired) electrons. The van der Waals surface area contributed by atoms with Crippen molar-refractivity contribution in [1.82, 2.24) is 10.3 Å². The third kappa shape index (κ3) is 6.16. The Morgan fingerprint density at radius 1 is 1.15 bits per heavy atom. The average Bonchev–Trinajstić information content (AvgIpc) is 2.69. The molecule has 1 aliphatic rings. The maximum atomic E-state index is 6.03. The van der Waals surface area contributed by atoms with Gasteiger partial charge < -0.3 is 20.5 Å². The van der Waals surface area contributed by atoms with Crippen LogP contribution in [0.4, 0.5) is 0 Å². The van der Waals surface area contributed by atoms with Gasteiger partial charge in [-0.25, -0.2) is 9.98 Å². The van der Waals surface area contributed by atoms with Gasteiger partial charge in [-0.15, -0.1) is 0 Å². The van der Waals surface area contributed by atoms with E-state index in [1.54, 1.807) is 6.20 Å². The summed E-state index contributed by atoms with van der Waals surface area (Å²) >= 11 is 0. The molecule has 0 unspecified atom stereocenters. The fourth-order valence-electron chi connectivity index (χ4n) is 3.17. The van der Waals surface area contributed by atoms with E-state index in [0.29, 0.717) is 36.8 Å². The molecule has 0 aliphatic heterocycles. The first-order valence-electron chi connectivity index (χ1n) is 9.65. The minimum Gasteiger partial charge on any atom is -0.494 e. The fourth-order valence-corrected chi connectivity index (χ4v) is 3.17. The van der Waals surface area contributed by atoms with Gasteiger partial charge in [-0.05, 0) is 55.7 Å². The molecular formula is C21H28N4O2. The lowest BCUT2D eigenvalue weighted by atomic mass is 9.96. The fraction of sp³-hybridized carbons (Fsp3) is 0.429. The van der Waals surface area contributed by atoms with Gasteiger partial charge in [0.2, 0.25) is 5.88 Å². The summed E-state index contributed by atoms with van der Waals surface area (Å²) in [6.07, 6.45) is 7.92. The normalized spacial score (nSPS) is 15.4. The molecule has 0 spiro atoms. The van der Waals surface area contributed by atoms with Crippen molar-refractivity contribution in [3.8, 4) is 17.4 Å². The van der Waals surface area contributed by atoms with E-state index in [2.05, 4.69) is 15.3 Å². The van der Waals surface area contributed by atoms with Crippen LogP contribution in [-0.4, -0.2) is 23.6 Å². The Morgan fingerprint density at radius 3 is 2.63 bits per heavy atom. The molecule has 3 N–H and O–H groups in total. The Kier molecular flexibility index (Phi) is 6.90. The van der Waals surface area contributed by atoms with Gasteiger partial charge in [0.25, 0.3) is 0 Å². The van der Waals surface area contributed by atoms with Crippen LogP contribution in [-0.2, 0) is 6.54 Å². The highest BCUT2D eigenvalue weighted by molar-refractivity contribution is 5.78. The number of ether oxygens (including phenoxy) is 2. The molecule has 1 aliphatic carbocycles. The Morgan fingerprint density at radius 2 is 1.89 bits per heavy atom. The van der Waals surface area contributed by atoms with Crippen molar-refractivity contribution in [2.24, 2.45) is 10.7 Å². The van der Waals surface area contributed by atoms with Gasteiger partial charge in [0, 0.05) is 18.3 Å². The largest absolute Gasteiger partial charge is 0.494 e. The summed E-state index contributed by atoms with van der Waals surface area (Å²) in [6.45, 7) is 3.09. The topological polar surface area (TPSA) is 81.8 Å². The minimum absolute atomic E-state index is 0.457. The first-order chi connectivity index (χ1) is 13.2. The molecule has 1 heterocycles. The highest BCUT2D eigenvalue weighted by Crippen LogP contribution is 2.23. The lowest BCUT2D eigenvalue weighted by Crippen LogP contribution is -2.41. The van der Waals surface area contributed by atoms with Crippen LogP contribution in [0.2, 0.25) is 0 Å². The summed E-state index contributed by atoms with van der Waals surface area (Å²) < 4.78 is 11.3. The van der Waals surface area contributed by atoms with Gasteiger partial charge in [0.15, 0.2) is 5.96 Å². The number of rotatable bonds is 7. The Hall–Kier alpha value is -2.76. The lowest BCUT2D eigenvalue weighted by Gasteiger charge is -2.23. The number of nitrogens with one attached hydrogen (secondary N) is 1. The zero-order valence-electron chi connectivity index (χ0n) is 15.9. The number of aliphatic imine (C=N–C) groups is 1. The number of guanidine groups is 1. The second kappa shape index (κ2) is 9.80. The Labute approximate surface area is 160 Å². The predicted molar refractivity (Wildman–Crippen MR) is 107 cm³/mol. The lowest BCUT2D eigenvalue weighted by molar-refractivity contribution is 0.339. The number of benzene rings is 1. The molecule has 0 bridgehead atoms. The van der Waals surface area contributed by atoms with Crippen LogP contribution in [0, 0.1) is 0 Å². The smallest absolute Gasteiger partial charge is 0.219 e. The number of pyridine rings is 1. The van der Waals surface area contributed by atoms with E-state index in [0.717, 1.165) is 11.3 Å². The molecule has 0 saturated heterocycles. The molecule has 0 atom stereocenters. The van der Waals surface area contributed by atoms with Crippen LogP contribution in [0.3, 0.4) is 0 Å². The SMILES string of the molecule is CCOc1ccc(Oc2cc(CN=C(N)NC3CCCCC3)ccn2)cc1. The standard InChI is InChI=1S/C21H28N4O2/c1-2-26-18-8-10-19(11-9-18)27-20-14-16(12-13-23-20)15-24-21(22)25-17-6-4-3-5-7-17/h8-14,17H,2-7,15H2,1H3,(H3,22,24,25). The summed E-state index contributed by atoms with van der Waals surface area (Å²) in [5, 5.41) is 3.33. The molecule has 144 valence electrons. The average molecular weight is 368 g/mol. The van der Waals surface area contributed by atoms with E-state index < -0.39 is 0 Å². The van der Waals surface area contributed by atoms with Crippen molar-refractivity contribution in [2.45, 2.75) is 51.6 Å². The molecule has 27 heavy (non-hydrogen) atoms. The Balaban J connectivity index is 1.55. The number of hydrogen-bond donors (Lipinski definition) is 2. The van der Waals surface area contributed by atoms with Crippen molar-refractivity contribution in [1.29, 1.82) is 0 Å². The molecule has 2 aromatic rings. The van der Waals surface area contributed by atoms with E-state index >= 15 is 0 Å². The Bertz CT molecular complexity index is 740. The van der Waals surface area contributed by atoms with Gasteiger partial charge in [-0.1, -0.05) is 19.3 Å². The third-order valence-corrected chi connectivity index (χ3v) is 4.55. The van der Waals surface area contributed by atoms with Crippen LogP contribution >= 0.6 is 0 Å². The van der Waals surface area contributed by atoms with Gasteiger partial charge >= 0.3 is 0 Å².